The molecule has 0 amide bonds. The summed E-state index contributed by atoms with van der Waals surface area (Å²) in [4.78, 5) is 3.88. The van der Waals surface area contributed by atoms with Crippen molar-refractivity contribution in [1.82, 2.24) is 4.98 Å². The highest BCUT2D eigenvalue weighted by Gasteiger charge is 1.96. The summed E-state index contributed by atoms with van der Waals surface area (Å²) < 4.78 is 10.9. The maximum absolute atomic E-state index is 5.53. The summed E-state index contributed by atoms with van der Waals surface area (Å²) in [7, 11) is 0. The third-order valence-electron chi connectivity index (χ3n) is 2.12. The lowest BCUT2D eigenvalue weighted by Crippen LogP contribution is -2.09. The van der Waals surface area contributed by atoms with Crippen LogP contribution in [0.1, 0.15) is 0 Å². The smallest absolute Gasteiger partial charge is 0.126 e. The summed E-state index contributed by atoms with van der Waals surface area (Å²) in [5.41, 5.74) is 5.53. The van der Waals surface area contributed by atoms with Crippen molar-refractivity contribution in [2.75, 3.05) is 18.9 Å². The second kappa shape index (κ2) is 5.75. The van der Waals surface area contributed by atoms with Gasteiger partial charge < -0.3 is 15.2 Å². The summed E-state index contributed by atoms with van der Waals surface area (Å²) in [6.45, 7) is 0.963. The van der Waals surface area contributed by atoms with E-state index < -0.39 is 0 Å². The molecule has 0 aliphatic carbocycles. The highest BCUT2D eigenvalue weighted by atomic mass is 16.5. The Morgan fingerprint density at radius 2 is 1.65 bits per heavy atom. The number of pyridine rings is 1. The highest BCUT2D eigenvalue weighted by molar-refractivity contribution is 5.35. The van der Waals surface area contributed by atoms with Crippen LogP contribution in [0.25, 0.3) is 0 Å². The standard InChI is InChI=1S/C13H14N2O2/c14-13-10-12(6-7-15-13)17-9-8-16-11-4-2-1-3-5-11/h1-7,10H,8-9H2,(H2,14,15). The van der Waals surface area contributed by atoms with Gasteiger partial charge >= 0.3 is 0 Å². The molecule has 0 saturated carbocycles. The number of nitrogen functional groups attached to an aromatic ring is 1. The minimum atomic E-state index is 0.450. The quantitative estimate of drug-likeness (QED) is 0.799. The van der Waals surface area contributed by atoms with Gasteiger partial charge in [0.1, 0.15) is 30.5 Å². The predicted molar refractivity (Wildman–Crippen MR) is 66.1 cm³/mol. The first-order chi connectivity index (χ1) is 8.34. The lowest BCUT2D eigenvalue weighted by Gasteiger charge is -2.08. The number of nitrogens with two attached hydrogens (primary N) is 1. The number of hydrogen-bond acceptors (Lipinski definition) is 4. The first-order valence-corrected chi connectivity index (χ1v) is 5.37. The van der Waals surface area contributed by atoms with Crippen LogP contribution >= 0.6 is 0 Å². The molecule has 1 aromatic heterocycles. The van der Waals surface area contributed by atoms with Gasteiger partial charge in [-0.25, -0.2) is 4.98 Å². The van der Waals surface area contributed by atoms with Gasteiger partial charge in [-0.3, -0.25) is 0 Å². The third kappa shape index (κ3) is 3.68. The molecule has 0 unspecified atom stereocenters. The van der Waals surface area contributed by atoms with E-state index in [0.717, 1.165) is 5.75 Å². The molecule has 0 bridgehead atoms. The number of para-hydroxylation sites is 1. The molecule has 0 aliphatic heterocycles. The van der Waals surface area contributed by atoms with Crippen molar-refractivity contribution < 1.29 is 9.47 Å². The second-order valence-electron chi connectivity index (χ2n) is 3.43. The van der Waals surface area contributed by atoms with Gasteiger partial charge in [0.05, 0.1) is 0 Å². The first-order valence-electron chi connectivity index (χ1n) is 5.37. The van der Waals surface area contributed by atoms with Crippen LogP contribution in [-0.2, 0) is 0 Å². The molecule has 2 rings (SSSR count). The Kier molecular flexibility index (Phi) is 3.81. The van der Waals surface area contributed by atoms with Gasteiger partial charge in [-0.2, -0.15) is 0 Å². The van der Waals surface area contributed by atoms with E-state index in [1.807, 2.05) is 30.3 Å². The van der Waals surface area contributed by atoms with Crippen molar-refractivity contribution >= 4 is 5.82 Å². The molecule has 0 aliphatic rings. The SMILES string of the molecule is Nc1cc(OCCOc2ccccc2)ccn1. The fraction of sp³-hybridized carbons (Fsp3) is 0.154. The van der Waals surface area contributed by atoms with Gasteiger partial charge in [0.15, 0.2) is 0 Å². The van der Waals surface area contributed by atoms with E-state index in [-0.39, 0.29) is 0 Å². The van der Waals surface area contributed by atoms with Crippen molar-refractivity contribution in [3.05, 3.63) is 48.7 Å². The van der Waals surface area contributed by atoms with Crippen molar-refractivity contribution in [3.8, 4) is 11.5 Å². The van der Waals surface area contributed by atoms with Crippen LogP contribution in [-0.4, -0.2) is 18.2 Å². The van der Waals surface area contributed by atoms with E-state index in [1.54, 1.807) is 18.3 Å². The molecular weight excluding hydrogens is 216 g/mol. The fourth-order valence-corrected chi connectivity index (χ4v) is 1.35. The number of nitrogens with zero attached hydrogens (tertiary/aromatic N) is 1. The minimum absolute atomic E-state index is 0.450. The Balaban J connectivity index is 1.73. The van der Waals surface area contributed by atoms with E-state index in [2.05, 4.69) is 4.98 Å². The van der Waals surface area contributed by atoms with E-state index in [0.29, 0.717) is 24.8 Å². The third-order valence-corrected chi connectivity index (χ3v) is 2.12. The molecule has 2 aromatic rings. The lowest BCUT2D eigenvalue weighted by atomic mass is 10.3. The average molecular weight is 230 g/mol. The van der Waals surface area contributed by atoms with Crippen LogP contribution in [0.5, 0.6) is 11.5 Å². The molecule has 2 N–H and O–H groups in total. The summed E-state index contributed by atoms with van der Waals surface area (Å²) >= 11 is 0. The molecule has 88 valence electrons. The Hall–Kier alpha value is -2.23. The van der Waals surface area contributed by atoms with Crippen LogP contribution in [0.15, 0.2) is 48.7 Å². The average Bonchev–Trinajstić information content (AvgIpc) is 2.36. The summed E-state index contributed by atoms with van der Waals surface area (Å²) in [5.74, 6) is 1.99. The second-order valence-corrected chi connectivity index (χ2v) is 3.43. The van der Waals surface area contributed by atoms with Gasteiger partial charge in [0.2, 0.25) is 0 Å². The van der Waals surface area contributed by atoms with Crippen LogP contribution in [0.4, 0.5) is 5.82 Å². The van der Waals surface area contributed by atoms with Crippen molar-refractivity contribution in [3.63, 3.8) is 0 Å². The molecule has 0 saturated heterocycles. The molecule has 4 heteroatoms. The van der Waals surface area contributed by atoms with Crippen LogP contribution < -0.4 is 15.2 Å². The van der Waals surface area contributed by atoms with Crippen molar-refractivity contribution in [1.29, 1.82) is 0 Å². The Bertz CT molecular complexity index is 460. The molecular formula is C13H14N2O2. The molecule has 0 atom stereocenters. The molecule has 1 aromatic carbocycles. The molecule has 0 spiro atoms. The molecule has 4 nitrogen and oxygen atoms in total. The van der Waals surface area contributed by atoms with Crippen LogP contribution in [0, 0.1) is 0 Å². The Morgan fingerprint density at radius 1 is 0.941 bits per heavy atom. The van der Waals surface area contributed by atoms with Crippen molar-refractivity contribution in [2.45, 2.75) is 0 Å². The number of ether oxygens (including phenoxy) is 2. The monoisotopic (exact) mass is 230 g/mol. The van der Waals surface area contributed by atoms with Gasteiger partial charge in [-0.15, -0.1) is 0 Å². The molecule has 0 radical (unpaired) electrons. The van der Waals surface area contributed by atoms with E-state index >= 15 is 0 Å². The fourth-order valence-electron chi connectivity index (χ4n) is 1.35. The van der Waals surface area contributed by atoms with Gasteiger partial charge in [-0.1, -0.05) is 18.2 Å². The minimum Gasteiger partial charge on any atom is -0.490 e. The summed E-state index contributed by atoms with van der Waals surface area (Å²) in [6.07, 6.45) is 1.61. The number of hydrogen-bond donors (Lipinski definition) is 1. The maximum atomic E-state index is 5.53. The summed E-state index contributed by atoms with van der Waals surface area (Å²) in [5, 5.41) is 0. The normalized spacial score (nSPS) is 9.88. The molecule has 17 heavy (non-hydrogen) atoms. The largest absolute Gasteiger partial charge is 0.490 e. The van der Waals surface area contributed by atoms with Crippen LogP contribution in [0.2, 0.25) is 0 Å². The zero-order valence-electron chi connectivity index (χ0n) is 9.37. The van der Waals surface area contributed by atoms with E-state index in [1.165, 1.54) is 0 Å². The molecule has 0 fully saturated rings. The van der Waals surface area contributed by atoms with E-state index in [4.69, 9.17) is 15.2 Å². The number of benzene rings is 1. The highest BCUT2D eigenvalue weighted by Crippen LogP contribution is 2.12. The van der Waals surface area contributed by atoms with E-state index in [9.17, 15) is 0 Å². The van der Waals surface area contributed by atoms with Gasteiger partial charge in [-0.05, 0) is 18.2 Å². The number of anilines is 1. The zero-order valence-corrected chi connectivity index (χ0v) is 9.37. The molecule has 1 heterocycles. The lowest BCUT2D eigenvalue weighted by molar-refractivity contribution is 0.217. The van der Waals surface area contributed by atoms with Crippen molar-refractivity contribution in [2.24, 2.45) is 0 Å². The maximum Gasteiger partial charge on any atom is 0.126 e. The topological polar surface area (TPSA) is 57.4 Å². The van der Waals surface area contributed by atoms with Gasteiger partial charge in [0, 0.05) is 12.3 Å². The Morgan fingerprint density at radius 3 is 2.35 bits per heavy atom. The number of rotatable bonds is 5. The van der Waals surface area contributed by atoms with Gasteiger partial charge in [0.25, 0.3) is 0 Å². The Labute approximate surface area is 100 Å². The predicted octanol–water partition coefficient (Wildman–Crippen LogP) is 2.12. The number of aromatic nitrogens is 1. The van der Waals surface area contributed by atoms with Crippen LogP contribution in [0.3, 0.4) is 0 Å². The first kappa shape index (κ1) is 11.3. The zero-order chi connectivity index (χ0) is 11.9. The summed E-state index contributed by atoms with van der Waals surface area (Å²) in [6, 6.07) is 13.1.